The molecular weight excluding hydrogens is 407 g/mol. The summed E-state index contributed by atoms with van der Waals surface area (Å²) in [7, 11) is -1.79. The molecule has 0 spiro atoms. The molecule has 4 rings (SSSR count). The molecular formula is C21H19FN4O3S. The average molecular weight is 426 g/mol. The summed E-state index contributed by atoms with van der Waals surface area (Å²) >= 11 is 0. The summed E-state index contributed by atoms with van der Waals surface area (Å²) in [6.45, 7) is 0.372. The van der Waals surface area contributed by atoms with E-state index >= 15 is 0 Å². The smallest absolute Gasteiger partial charge is 0.231 e. The van der Waals surface area contributed by atoms with Crippen molar-refractivity contribution in [2.45, 2.75) is 12.3 Å². The van der Waals surface area contributed by atoms with Crippen LogP contribution in [-0.4, -0.2) is 42.6 Å². The predicted molar refractivity (Wildman–Crippen MR) is 111 cm³/mol. The van der Waals surface area contributed by atoms with E-state index in [-0.39, 0.29) is 5.92 Å². The second-order valence-corrected chi connectivity index (χ2v) is 9.04. The summed E-state index contributed by atoms with van der Waals surface area (Å²) < 4.78 is 44.1. The maximum absolute atomic E-state index is 14.0. The van der Waals surface area contributed by atoms with Crippen LogP contribution in [0, 0.1) is 17.1 Å². The number of nitrogens with zero attached hydrogens (tertiary/aromatic N) is 3. The van der Waals surface area contributed by atoms with Crippen LogP contribution < -0.4 is 4.74 Å². The van der Waals surface area contributed by atoms with E-state index in [1.807, 2.05) is 12.1 Å². The number of pyridine rings is 1. The number of aromatic nitrogens is 2. The molecule has 1 aromatic carbocycles. The largest absolute Gasteiger partial charge is 0.496 e. The van der Waals surface area contributed by atoms with Gasteiger partial charge in [0.25, 0.3) is 0 Å². The summed E-state index contributed by atoms with van der Waals surface area (Å²) in [6.07, 6.45) is 6.61. The number of sulfonamides is 1. The first-order valence-electron chi connectivity index (χ1n) is 9.22. The number of rotatable bonds is 4. The van der Waals surface area contributed by atoms with Gasteiger partial charge in [-0.2, -0.15) is 5.26 Å². The van der Waals surface area contributed by atoms with E-state index in [2.05, 4.69) is 16.0 Å². The Morgan fingerprint density at radius 2 is 2.17 bits per heavy atom. The standard InChI is InChI=1S/C21H19FN4O3S/c1-29-19-4-3-15(22)9-16(19)20-14(11-23)12-24-21-17(20)10-18(25-21)13-5-7-26(8-6-13)30(2,27)28/h3-5,7,9-10,12-13H,6,8H2,1-2H3,(H,24,25). The van der Waals surface area contributed by atoms with Crippen molar-refractivity contribution in [2.75, 3.05) is 19.9 Å². The number of nitrogens with one attached hydrogen (secondary N) is 1. The lowest BCUT2D eigenvalue weighted by Crippen LogP contribution is -2.29. The molecule has 0 fully saturated rings. The number of nitriles is 1. The SMILES string of the molecule is COc1ccc(F)cc1-c1c(C#N)cnc2[nH]c(C3C=CN(S(C)(=O)=O)CC3)cc12. The Hall–Kier alpha value is -3.38. The lowest BCUT2D eigenvalue weighted by atomic mass is 9.96. The van der Waals surface area contributed by atoms with E-state index in [4.69, 9.17) is 4.74 Å². The van der Waals surface area contributed by atoms with Gasteiger partial charge in [-0.15, -0.1) is 0 Å². The second-order valence-electron chi connectivity index (χ2n) is 7.10. The van der Waals surface area contributed by atoms with Crippen molar-refractivity contribution in [3.63, 3.8) is 0 Å². The summed E-state index contributed by atoms with van der Waals surface area (Å²) in [5, 5.41) is 10.3. The van der Waals surface area contributed by atoms with Gasteiger partial charge in [-0.25, -0.2) is 17.8 Å². The van der Waals surface area contributed by atoms with Crippen molar-refractivity contribution in [2.24, 2.45) is 0 Å². The van der Waals surface area contributed by atoms with Crippen molar-refractivity contribution in [1.29, 1.82) is 5.26 Å². The number of halogens is 1. The monoisotopic (exact) mass is 426 g/mol. The highest BCUT2D eigenvalue weighted by Gasteiger charge is 2.23. The van der Waals surface area contributed by atoms with Crippen LogP contribution in [0.15, 0.2) is 42.7 Å². The molecule has 0 saturated heterocycles. The van der Waals surface area contributed by atoms with Crippen LogP contribution in [0.5, 0.6) is 5.75 Å². The molecule has 3 aromatic rings. The molecule has 30 heavy (non-hydrogen) atoms. The topological polar surface area (TPSA) is 99.1 Å². The van der Waals surface area contributed by atoms with Crippen molar-refractivity contribution < 1.29 is 17.5 Å². The minimum absolute atomic E-state index is 0.0370. The predicted octanol–water partition coefficient (Wildman–Crippen LogP) is 3.51. The van der Waals surface area contributed by atoms with E-state index in [0.29, 0.717) is 46.4 Å². The maximum Gasteiger partial charge on any atom is 0.231 e. The van der Waals surface area contributed by atoms with Gasteiger partial charge in [0.2, 0.25) is 10.0 Å². The Kier molecular flexibility index (Phi) is 4.95. The molecule has 1 N–H and O–H groups in total. The molecule has 154 valence electrons. The number of ether oxygens (including phenoxy) is 1. The van der Waals surface area contributed by atoms with E-state index in [0.717, 1.165) is 5.69 Å². The highest BCUT2D eigenvalue weighted by molar-refractivity contribution is 7.88. The van der Waals surface area contributed by atoms with Crippen LogP contribution in [0.4, 0.5) is 4.39 Å². The van der Waals surface area contributed by atoms with E-state index in [1.54, 1.807) is 6.20 Å². The van der Waals surface area contributed by atoms with Crippen LogP contribution in [-0.2, 0) is 10.0 Å². The Morgan fingerprint density at radius 3 is 2.80 bits per heavy atom. The zero-order valence-corrected chi connectivity index (χ0v) is 17.2. The van der Waals surface area contributed by atoms with Gasteiger partial charge in [0.05, 0.1) is 18.9 Å². The van der Waals surface area contributed by atoms with Crippen molar-refractivity contribution in [1.82, 2.24) is 14.3 Å². The molecule has 0 radical (unpaired) electrons. The van der Waals surface area contributed by atoms with E-state index in [1.165, 1.54) is 42.1 Å². The highest BCUT2D eigenvalue weighted by atomic mass is 32.2. The lowest BCUT2D eigenvalue weighted by molar-refractivity contribution is 0.415. The summed E-state index contributed by atoms with van der Waals surface area (Å²) in [6, 6.07) is 8.17. The zero-order chi connectivity index (χ0) is 21.5. The fourth-order valence-corrected chi connectivity index (χ4v) is 4.45. The van der Waals surface area contributed by atoms with Gasteiger partial charge in [0.1, 0.15) is 23.3 Å². The Morgan fingerprint density at radius 1 is 1.37 bits per heavy atom. The fraction of sp³-hybridized carbons (Fsp3) is 0.238. The molecule has 0 amide bonds. The summed E-state index contributed by atoms with van der Waals surface area (Å²) in [5.74, 6) is -0.0269. The average Bonchev–Trinajstić information content (AvgIpc) is 3.16. The fourth-order valence-electron chi connectivity index (χ4n) is 3.72. The lowest BCUT2D eigenvalue weighted by Gasteiger charge is -2.25. The van der Waals surface area contributed by atoms with Crippen LogP contribution in [0.25, 0.3) is 22.2 Å². The van der Waals surface area contributed by atoms with Crippen LogP contribution in [0.3, 0.4) is 0 Å². The molecule has 1 unspecified atom stereocenters. The molecule has 7 nitrogen and oxygen atoms in total. The van der Waals surface area contributed by atoms with Crippen LogP contribution >= 0.6 is 0 Å². The normalized spacial score (nSPS) is 16.6. The molecule has 9 heteroatoms. The van der Waals surface area contributed by atoms with Crippen molar-refractivity contribution in [3.05, 3.63) is 59.8 Å². The summed E-state index contributed by atoms with van der Waals surface area (Å²) in [5.41, 5.74) is 2.71. The second kappa shape index (κ2) is 7.46. The first-order chi connectivity index (χ1) is 14.3. The first kappa shape index (κ1) is 19.9. The number of benzene rings is 1. The number of fused-ring (bicyclic) bond motifs is 1. The molecule has 3 heterocycles. The third-order valence-electron chi connectivity index (χ3n) is 5.20. The van der Waals surface area contributed by atoms with Gasteiger partial charge in [0.15, 0.2) is 0 Å². The molecule has 0 saturated carbocycles. The first-order valence-corrected chi connectivity index (χ1v) is 11.1. The molecule has 2 aromatic heterocycles. The Balaban J connectivity index is 1.85. The van der Waals surface area contributed by atoms with Gasteiger partial charge < -0.3 is 9.72 Å². The number of allylic oxidation sites excluding steroid dienone is 1. The van der Waals surface area contributed by atoms with Crippen molar-refractivity contribution >= 4 is 21.1 Å². The molecule has 1 aliphatic rings. The maximum atomic E-state index is 14.0. The quantitative estimate of drug-likeness (QED) is 0.688. The number of H-pyrrole nitrogens is 1. The van der Waals surface area contributed by atoms with Gasteiger partial charge in [0, 0.05) is 47.1 Å². The van der Waals surface area contributed by atoms with E-state index in [9.17, 15) is 18.1 Å². The Labute approximate surface area is 173 Å². The van der Waals surface area contributed by atoms with E-state index < -0.39 is 15.8 Å². The van der Waals surface area contributed by atoms with Crippen molar-refractivity contribution in [3.8, 4) is 22.9 Å². The summed E-state index contributed by atoms with van der Waals surface area (Å²) in [4.78, 5) is 7.60. The number of hydrogen-bond donors (Lipinski definition) is 1. The minimum atomic E-state index is -3.28. The van der Waals surface area contributed by atoms with Gasteiger partial charge >= 0.3 is 0 Å². The molecule has 1 aliphatic heterocycles. The van der Waals surface area contributed by atoms with Gasteiger partial charge in [-0.3, -0.25) is 4.31 Å². The minimum Gasteiger partial charge on any atom is -0.496 e. The zero-order valence-electron chi connectivity index (χ0n) is 16.4. The van der Waals surface area contributed by atoms with Crippen LogP contribution in [0.2, 0.25) is 0 Å². The number of hydrogen-bond acceptors (Lipinski definition) is 5. The van der Waals surface area contributed by atoms with Crippen LogP contribution in [0.1, 0.15) is 23.6 Å². The third-order valence-corrected chi connectivity index (χ3v) is 6.36. The number of methoxy groups -OCH3 is 1. The Bertz CT molecular complexity index is 1310. The molecule has 1 atom stereocenters. The van der Waals surface area contributed by atoms with Gasteiger partial charge in [-0.1, -0.05) is 6.08 Å². The molecule has 0 aliphatic carbocycles. The third kappa shape index (κ3) is 3.50. The molecule has 0 bridgehead atoms. The van der Waals surface area contributed by atoms with Gasteiger partial charge in [-0.05, 0) is 30.7 Å². The highest BCUT2D eigenvalue weighted by Crippen LogP contribution is 2.39. The number of aromatic amines is 1.